The predicted octanol–water partition coefficient (Wildman–Crippen LogP) is 5.77. The average Bonchev–Trinajstić information content (AvgIpc) is 3.14. The summed E-state index contributed by atoms with van der Waals surface area (Å²) in [5.41, 5.74) is 3.39. The Bertz CT molecular complexity index is 1200. The molecule has 1 aromatic heterocycles. The van der Waals surface area contributed by atoms with Gasteiger partial charge < -0.3 is 0 Å². The number of halogens is 1. The SMILES string of the molecule is Cc1ccc(N2C(=O)/C(=C/c3ccc(Cl)s3)C(=O)N(c3ccccc3)C2=S)cc1C. The molecule has 2 aromatic carbocycles. The number of rotatable bonds is 3. The van der Waals surface area contributed by atoms with Crippen molar-refractivity contribution in [1.29, 1.82) is 0 Å². The zero-order valence-electron chi connectivity index (χ0n) is 16.3. The minimum Gasteiger partial charge on any atom is -0.268 e. The van der Waals surface area contributed by atoms with Crippen LogP contribution < -0.4 is 9.80 Å². The molecule has 1 aliphatic heterocycles. The van der Waals surface area contributed by atoms with Gasteiger partial charge in [-0.05, 0) is 79.7 Å². The van der Waals surface area contributed by atoms with Crippen molar-refractivity contribution in [2.45, 2.75) is 13.8 Å². The first kappa shape index (κ1) is 20.5. The molecule has 1 saturated heterocycles. The number of benzene rings is 2. The number of carbonyl (C=O) groups excluding carboxylic acids is 2. The minimum atomic E-state index is -0.458. The van der Waals surface area contributed by atoms with E-state index in [-0.39, 0.29) is 10.7 Å². The van der Waals surface area contributed by atoms with E-state index in [1.54, 1.807) is 30.3 Å². The Morgan fingerprint density at radius 1 is 0.867 bits per heavy atom. The summed E-state index contributed by atoms with van der Waals surface area (Å²) < 4.78 is 0.582. The van der Waals surface area contributed by atoms with Crippen LogP contribution in [0.15, 0.2) is 66.2 Å². The lowest BCUT2D eigenvalue weighted by molar-refractivity contribution is -0.120. The van der Waals surface area contributed by atoms with Crippen molar-refractivity contribution in [3.8, 4) is 0 Å². The van der Waals surface area contributed by atoms with Gasteiger partial charge in [0, 0.05) is 4.88 Å². The van der Waals surface area contributed by atoms with Crippen molar-refractivity contribution in [3.63, 3.8) is 0 Å². The van der Waals surface area contributed by atoms with Gasteiger partial charge in [0.25, 0.3) is 11.8 Å². The van der Waals surface area contributed by atoms with E-state index < -0.39 is 11.8 Å². The summed E-state index contributed by atoms with van der Waals surface area (Å²) in [6.07, 6.45) is 1.58. The molecule has 0 unspecified atom stereocenters. The van der Waals surface area contributed by atoms with Gasteiger partial charge in [-0.2, -0.15) is 0 Å². The molecule has 150 valence electrons. The van der Waals surface area contributed by atoms with E-state index in [0.717, 1.165) is 16.0 Å². The molecule has 0 bridgehead atoms. The highest BCUT2D eigenvalue weighted by Gasteiger charge is 2.41. The van der Waals surface area contributed by atoms with Crippen LogP contribution in [0.2, 0.25) is 4.34 Å². The highest BCUT2D eigenvalue weighted by molar-refractivity contribution is 7.81. The van der Waals surface area contributed by atoms with Crippen LogP contribution in [-0.4, -0.2) is 16.9 Å². The summed E-state index contributed by atoms with van der Waals surface area (Å²) in [7, 11) is 0. The standard InChI is InChI=1S/C23H17ClN2O2S2/c1-14-8-9-17(12-15(14)2)26-22(28)19(13-18-10-11-20(24)30-18)21(27)25(23(26)29)16-6-4-3-5-7-16/h3-13H,1-2H3/b19-13+. The number of hydrogen-bond acceptors (Lipinski definition) is 4. The maximum absolute atomic E-state index is 13.4. The Morgan fingerprint density at radius 2 is 1.53 bits per heavy atom. The molecule has 1 aliphatic rings. The maximum Gasteiger partial charge on any atom is 0.270 e. The highest BCUT2D eigenvalue weighted by Crippen LogP contribution is 2.32. The van der Waals surface area contributed by atoms with Gasteiger partial charge in [0.1, 0.15) is 5.57 Å². The molecule has 3 aromatic rings. The lowest BCUT2D eigenvalue weighted by atomic mass is 10.1. The molecule has 2 amide bonds. The number of amides is 2. The monoisotopic (exact) mass is 452 g/mol. The molecule has 0 atom stereocenters. The maximum atomic E-state index is 13.4. The van der Waals surface area contributed by atoms with Crippen molar-refractivity contribution < 1.29 is 9.59 Å². The van der Waals surface area contributed by atoms with Crippen LogP contribution in [0.4, 0.5) is 11.4 Å². The van der Waals surface area contributed by atoms with Crippen LogP contribution in [0.5, 0.6) is 0 Å². The third-order valence-electron chi connectivity index (χ3n) is 4.89. The van der Waals surface area contributed by atoms with Crippen LogP contribution in [0.25, 0.3) is 6.08 Å². The summed E-state index contributed by atoms with van der Waals surface area (Å²) in [5, 5.41) is 0.126. The molecule has 1 fully saturated rings. The Hall–Kier alpha value is -2.80. The van der Waals surface area contributed by atoms with Crippen LogP contribution in [0.3, 0.4) is 0 Å². The zero-order valence-corrected chi connectivity index (χ0v) is 18.6. The Labute approximate surface area is 189 Å². The Balaban J connectivity index is 1.88. The molecular weight excluding hydrogens is 436 g/mol. The second-order valence-electron chi connectivity index (χ2n) is 6.87. The van der Waals surface area contributed by atoms with Crippen LogP contribution in [0, 0.1) is 13.8 Å². The normalized spacial score (nSPS) is 16.0. The number of nitrogens with zero attached hydrogens (tertiary/aromatic N) is 2. The van der Waals surface area contributed by atoms with E-state index in [2.05, 4.69) is 0 Å². The van der Waals surface area contributed by atoms with Gasteiger partial charge in [-0.25, -0.2) is 0 Å². The van der Waals surface area contributed by atoms with Gasteiger partial charge in [-0.15, -0.1) is 11.3 Å². The fourth-order valence-corrected chi connectivity index (χ4v) is 4.56. The summed E-state index contributed by atoms with van der Waals surface area (Å²) in [6, 6.07) is 18.3. The number of thiophene rings is 1. The molecule has 7 heteroatoms. The summed E-state index contributed by atoms with van der Waals surface area (Å²) in [6.45, 7) is 3.97. The molecule has 0 N–H and O–H groups in total. The van der Waals surface area contributed by atoms with E-state index in [0.29, 0.717) is 15.7 Å². The molecule has 0 spiro atoms. The number of carbonyl (C=O) groups is 2. The summed E-state index contributed by atoms with van der Waals surface area (Å²) >= 11 is 13.0. The Kier molecular flexibility index (Phi) is 5.56. The van der Waals surface area contributed by atoms with Gasteiger partial charge in [-0.3, -0.25) is 19.4 Å². The van der Waals surface area contributed by atoms with Crippen LogP contribution in [-0.2, 0) is 9.59 Å². The number of anilines is 2. The topological polar surface area (TPSA) is 40.6 Å². The van der Waals surface area contributed by atoms with E-state index in [4.69, 9.17) is 23.8 Å². The van der Waals surface area contributed by atoms with E-state index in [9.17, 15) is 9.59 Å². The Morgan fingerprint density at radius 3 is 2.13 bits per heavy atom. The van der Waals surface area contributed by atoms with Crippen LogP contribution >= 0.6 is 35.2 Å². The number of aryl methyl sites for hydroxylation is 2. The number of hydrogen-bond donors (Lipinski definition) is 0. The van der Waals surface area contributed by atoms with Gasteiger partial charge >= 0.3 is 0 Å². The molecule has 30 heavy (non-hydrogen) atoms. The lowest BCUT2D eigenvalue weighted by Gasteiger charge is -2.36. The van der Waals surface area contributed by atoms with Gasteiger partial charge in [0.2, 0.25) is 0 Å². The number of thiocarbonyl (C=S) groups is 1. The minimum absolute atomic E-state index is 0.0317. The first-order chi connectivity index (χ1) is 14.4. The first-order valence-electron chi connectivity index (χ1n) is 9.19. The van der Waals surface area contributed by atoms with Crippen LogP contribution in [0.1, 0.15) is 16.0 Å². The summed E-state index contributed by atoms with van der Waals surface area (Å²) in [5.74, 6) is -0.911. The molecule has 0 aliphatic carbocycles. The van der Waals surface area contributed by atoms with Gasteiger partial charge in [-0.1, -0.05) is 35.9 Å². The third-order valence-corrected chi connectivity index (χ3v) is 6.44. The first-order valence-corrected chi connectivity index (χ1v) is 10.8. The number of para-hydroxylation sites is 1. The average molecular weight is 453 g/mol. The van der Waals surface area contributed by atoms with E-state index in [1.807, 2.05) is 50.2 Å². The second-order valence-corrected chi connectivity index (χ2v) is 8.98. The lowest BCUT2D eigenvalue weighted by Crippen LogP contribution is -2.56. The molecule has 0 radical (unpaired) electrons. The van der Waals surface area contributed by atoms with Crippen molar-refractivity contribution in [2.75, 3.05) is 9.80 Å². The van der Waals surface area contributed by atoms with Crippen molar-refractivity contribution in [1.82, 2.24) is 0 Å². The highest BCUT2D eigenvalue weighted by atomic mass is 35.5. The molecule has 0 saturated carbocycles. The second kappa shape index (κ2) is 8.14. The molecule has 4 nitrogen and oxygen atoms in total. The van der Waals surface area contributed by atoms with E-state index >= 15 is 0 Å². The zero-order chi connectivity index (χ0) is 21.4. The fraction of sp³-hybridized carbons (Fsp3) is 0.0870. The van der Waals surface area contributed by atoms with Crippen molar-refractivity contribution >= 4 is 69.5 Å². The summed E-state index contributed by atoms with van der Waals surface area (Å²) in [4.78, 5) is 30.3. The predicted molar refractivity (Wildman–Crippen MR) is 127 cm³/mol. The molecule has 4 rings (SSSR count). The third kappa shape index (κ3) is 3.69. The van der Waals surface area contributed by atoms with E-state index in [1.165, 1.54) is 21.1 Å². The van der Waals surface area contributed by atoms with Gasteiger partial charge in [0.15, 0.2) is 5.11 Å². The van der Waals surface area contributed by atoms with Crippen molar-refractivity contribution in [2.24, 2.45) is 0 Å². The smallest absolute Gasteiger partial charge is 0.268 e. The fourth-order valence-electron chi connectivity index (χ4n) is 3.17. The quantitative estimate of drug-likeness (QED) is 0.288. The largest absolute Gasteiger partial charge is 0.270 e. The van der Waals surface area contributed by atoms with Crippen molar-refractivity contribution in [3.05, 3.63) is 86.6 Å². The molecular formula is C23H17ClN2O2S2. The molecule has 2 heterocycles. The van der Waals surface area contributed by atoms with Gasteiger partial charge in [0.05, 0.1) is 15.7 Å².